The van der Waals surface area contributed by atoms with Crippen molar-refractivity contribution in [3.8, 4) is 0 Å². The highest BCUT2D eigenvalue weighted by Gasteiger charge is 2.27. The maximum atomic E-state index is 11.6. The summed E-state index contributed by atoms with van der Waals surface area (Å²) in [7, 11) is 0. The van der Waals surface area contributed by atoms with Crippen LogP contribution < -0.4 is 4.57 Å². The number of fused-ring (bicyclic) bond motifs is 3. The molecule has 1 aliphatic heterocycles. The summed E-state index contributed by atoms with van der Waals surface area (Å²) in [4.78, 5) is 24.5. The van der Waals surface area contributed by atoms with Gasteiger partial charge in [0.1, 0.15) is 11.2 Å². The molecule has 1 aromatic heterocycles. The summed E-state index contributed by atoms with van der Waals surface area (Å²) in [5.74, 6) is -1.07. The molecule has 150 valence electrons. The van der Waals surface area contributed by atoms with E-state index in [2.05, 4.69) is 0 Å². The van der Waals surface area contributed by atoms with Crippen LogP contribution in [-0.4, -0.2) is 45.9 Å². The molecule has 29 heavy (non-hydrogen) atoms. The third-order valence-electron chi connectivity index (χ3n) is 4.56. The molecule has 10 heteroatoms. The molecule has 0 radical (unpaired) electrons. The van der Waals surface area contributed by atoms with E-state index in [-0.39, 0.29) is 13.1 Å². The van der Waals surface area contributed by atoms with Gasteiger partial charge >= 0.3 is 11.9 Å². The van der Waals surface area contributed by atoms with Gasteiger partial charge in [-0.25, -0.2) is 4.79 Å². The van der Waals surface area contributed by atoms with Crippen LogP contribution in [0.15, 0.2) is 29.3 Å². The Morgan fingerprint density at radius 2 is 1.90 bits per heavy atom. The molecule has 4 rings (SSSR count). The molecule has 2 N–H and O–H groups in total. The average Bonchev–Trinajstić information content (AvgIpc) is 3.22. The Labute approximate surface area is 183 Å². The van der Waals surface area contributed by atoms with Crippen molar-refractivity contribution in [1.82, 2.24) is 4.90 Å². The van der Waals surface area contributed by atoms with E-state index >= 15 is 0 Å². The lowest BCUT2D eigenvalue weighted by atomic mass is 10.1. The number of hydrogen-bond donors (Lipinski definition) is 2. The second kappa shape index (κ2) is 8.02. The highest BCUT2D eigenvalue weighted by atomic mass is 35.5. The van der Waals surface area contributed by atoms with E-state index in [1.165, 1.54) is 11.3 Å². The predicted octanol–water partition coefficient (Wildman–Crippen LogP) is 4.17. The lowest BCUT2D eigenvalue weighted by Crippen LogP contribution is -2.39. The molecule has 1 saturated heterocycles. The van der Waals surface area contributed by atoms with Crippen molar-refractivity contribution in [2.45, 2.75) is 6.54 Å². The van der Waals surface area contributed by atoms with Crippen molar-refractivity contribution in [2.24, 2.45) is 0 Å². The first-order valence-electron chi connectivity index (χ1n) is 8.61. The minimum absolute atomic E-state index is 0.0836. The fourth-order valence-electron chi connectivity index (χ4n) is 3.37. The molecule has 3 aromatic rings. The topological polar surface area (TPSA) is 81.7 Å². The minimum Gasteiger partial charge on any atom is -0.480 e. The van der Waals surface area contributed by atoms with Crippen molar-refractivity contribution in [1.29, 1.82) is 0 Å². The highest BCUT2D eigenvalue weighted by Crippen LogP contribution is 2.37. The molecular weight excluding hydrogens is 455 g/mol. The molecule has 0 spiro atoms. The fraction of sp³-hybridized carbons (Fsp3) is 0.211. The van der Waals surface area contributed by atoms with Crippen molar-refractivity contribution in [3.05, 3.63) is 44.3 Å². The molecule has 0 amide bonds. The number of hydrogen-bond acceptors (Lipinski definition) is 5. The number of thiazole rings is 1. The van der Waals surface area contributed by atoms with E-state index in [1.807, 2.05) is 24.3 Å². The molecule has 1 aliphatic rings. The van der Waals surface area contributed by atoms with E-state index in [0.29, 0.717) is 16.6 Å². The summed E-state index contributed by atoms with van der Waals surface area (Å²) in [6, 6.07) is 7.33. The van der Waals surface area contributed by atoms with Gasteiger partial charge in [-0.3, -0.25) is 4.79 Å². The molecule has 0 bridgehead atoms. The normalized spacial score (nSPS) is 15.7. The predicted molar refractivity (Wildman–Crippen MR) is 117 cm³/mol. The Bertz CT molecular complexity index is 1190. The van der Waals surface area contributed by atoms with Crippen LogP contribution in [0.5, 0.6) is 0 Å². The standard InChI is InChI=1S/C19H14Cl2N2O4S2/c20-12-3-1-11-10(18(12)21)2-4-13-19(11)23(9-17(26)27)15(29-13)7-14-22(5-6-28-14)8-16(24)25/h1-4,7H,5-6,8-9H2,(H-,24,25,26,27)/p+1. The van der Waals surface area contributed by atoms with Gasteiger partial charge in [-0.2, -0.15) is 4.57 Å². The van der Waals surface area contributed by atoms with Crippen LogP contribution in [0.3, 0.4) is 0 Å². The third kappa shape index (κ3) is 3.90. The number of halogens is 2. The quantitative estimate of drug-likeness (QED) is 0.545. The summed E-state index contributed by atoms with van der Waals surface area (Å²) < 4.78 is 2.65. The van der Waals surface area contributed by atoms with E-state index in [4.69, 9.17) is 28.3 Å². The maximum absolute atomic E-state index is 11.6. The number of nitrogens with zero attached hydrogens (tertiary/aromatic N) is 2. The Kier molecular flexibility index (Phi) is 5.61. The Balaban J connectivity index is 1.93. The van der Waals surface area contributed by atoms with Gasteiger partial charge in [-0.05, 0) is 18.2 Å². The van der Waals surface area contributed by atoms with E-state index in [0.717, 1.165) is 36.8 Å². The fourth-order valence-corrected chi connectivity index (χ4v) is 6.00. The van der Waals surface area contributed by atoms with Gasteiger partial charge in [-0.1, -0.05) is 40.6 Å². The number of rotatable bonds is 5. The van der Waals surface area contributed by atoms with Gasteiger partial charge in [-0.15, -0.1) is 11.8 Å². The van der Waals surface area contributed by atoms with Gasteiger partial charge in [0.15, 0.2) is 0 Å². The summed E-state index contributed by atoms with van der Waals surface area (Å²) >= 11 is 15.5. The largest absolute Gasteiger partial charge is 0.480 e. The van der Waals surface area contributed by atoms with Gasteiger partial charge in [0.05, 0.1) is 26.5 Å². The van der Waals surface area contributed by atoms with Crippen molar-refractivity contribution < 1.29 is 24.4 Å². The number of carboxylic acid groups (broad SMARTS) is 2. The van der Waals surface area contributed by atoms with Gasteiger partial charge < -0.3 is 15.1 Å². The van der Waals surface area contributed by atoms with Crippen LogP contribution in [-0.2, 0) is 16.1 Å². The van der Waals surface area contributed by atoms with Crippen molar-refractivity contribution >= 4 is 85.3 Å². The van der Waals surface area contributed by atoms with E-state index in [1.54, 1.807) is 27.3 Å². The first kappa shape index (κ1) is 20.3. The van der Waals surface area contributed by atoms with Gasteiger partial charge in [0, 0.05) is 17.7 Å². The number of aliphatic carboxylic acids is 2. The van der Waals surface area contributed by atoms with Crippen LogP contribution in [0.4, 0.5) is 0 Å². The van der Waals surface area contributed by atoms with Crippen LogP contribution in [0.25, 0.3) is 27.1 Å². The zero-order valence-electron chi connectivity index (χ0n) is 14.9. The zero-order valence-corrected chi connectivity index (χ0v) is 18.0. The number of thioether (sulfide) groups is 1. The Morgan fingerprint density at radius 1 is 1.14 bits per heavy atom. The van der Waals surface area contributed by atoms with Gasteiger partial charge in [0.2, 0.25) is 12.1 Å². The minimum atomic E-state index is -0.965. The van der Waals surface area contributed by atoms with Crippen LogP contribution in [0, 0.1) is 0 Å². The Morgan fingerprint density at radius 3 is 2.62 bits per heavy atom. The summed E-state index contributed by atoms with van der Waals surface area (Å²) in [6.07, 6.45) is 1.87. The SMILES string of the molecule is O=C(O)CN1CCSC1=Cc1sc2ccc3c(Cl)c(Cl)ccc3c2[n+]1CC(=O)O. The smallest absolute Gasteiger partial charge is 0.370 e. The maximum Gasteiger partial charge on any atom is 0.370 e. The van der Waals surface area contributed by atoms with E-state index < -0.39 is 11.9 Å². The number of aromatic nitrogens is 1. The number of benzene rings is 2. The van der Waals surface area contributed by atoms with Crippen LogP contribution in [0.1, 0.15) is 5.01 Å². The monoisotopic (exact) mass is 469 g/mol. The van der Waals surface area contributed by atoms with Crippen molar-refractivity contribution in [3.63, 3.8) is 0 Å². The molecule has 0 unspecified atom stereocenters. The highest BCUT2D eigenvalue weighted by molar-refractivity contribution is 8.03. The first-order valence-corrected chi connectivity index (χ1v) is 11.2. The molecule has 2 aromatic carbocycles. The third-order valence-corrected chi connectivity index (χ3v) is 7.54. The summed E-state index contributed by atoms with van der Waals surface area (Å²) in [6.45, 7) is 0.339. The van der Waals surface area contributed by atoms with Crippen molar-refractivity contribution in [2.75, 3.05) is 18.8 Å². The molecule has 0 aliphatic carbocycles. The van der Waals surface area contributed by atoms with Gasteiger partial charge in [0.25, 0.3) is 5.01 Å². The van der Waals surface area contributed by atoms with Crippen LogP contribution >= 0.6 is 46.3 Å². The molecule has 0 atom stereocenters. The molecule has 1 fully saturated rings. The average molecular weight is 470 g/mol. The Hall–Kier alpha value is -2.00. The molecule has 2 heterocycles. The number of carboxylic acids is 2. The second-order valence-electron chi connectivity index (χ2n) is 6.44. The lowest BCUT2D eigenvalue weighted by Gasteiger charge is -2.15. The molecule has 0 saturated carbocycles. The summed E-state index contributed by atoms with van der Waals surface area (Å²) in [5, 5.41) is 22.6. The van der Waals surface area contributed by atoms with Crippen LogP contribution in [0.2, 0.25) is 10.0 Å². The zero-order chi connectivity index (χ0) is 20.7. The summed E-state index contributed by atoms with van der Waals surface area (Å²) in [5.41, 5.74) is 0.771. The molecule has 6 nitrogen and oxygen atoms in total. The first-order chi connectivity index (χ1) is 13.8. The molecular formula is C19H15Cl2N2O4S2+. The van der Waals surface area contributed by atoms with E-state index in [9.17, 15) is 14.7 Å². The lowest BCUT2D eigenvalue weighted by molar-refractivity contribution is -0.656. The second-order valence-corrected chi connectivity index (χ2v) is 9.40. The number of carbonyl (C=O) groups is 2.